The van der Waals surface area contributed by atoms with Crippen LogP contribution >= 0.6 is 11.8 Å². The Kier molecular flexibility index (Phi) is 6.26. The number of benzene rings is 1. The summed E-state index contributed by atoms with van der Waals surface area (Å²) < 4.78 is 15.9. The molecule has 0 bridgehead atoms. The van der Waals surface area contributed by atoms with Crippen LogP contribution < -0.4 is 9.47 Å². The standard InChI is InChI=1S/C18H24N2O5S/c1-23-14-4-3-13(11-15(14)24-2)18-20(17(22)12-26-18)6-5-16(21)19-7-9-25-10-8-19/h3-4,11,18H,5-10,12H2,1-2H3. The highest BCUT2D eigenvalue weighted by Crippen LogP contribution is 2.41. The van der Waals surface area contributed by atoms with E-state index in [9.17, 15) is 9.59 Å². The molecule has 0 radical (unpaired) electrons. The van der Waals surface area contributed by atoms with Crippen molar-refractivity contribution in [2.24, 2.45) is 0 Å². The Hall–Kier alpha value is -1.93. The second-order valence-electron chi connectivity index (χ2n) is 6.11. The highest BCUT2D eigenvalue weighted by molar-refractivity contribution is 8.00. The molecule has 7 nitrogen and oxygen atoms in total. The maximum atomic E-state index is 12.4. The van der Waals surface area contributed by atoms with E-state index in [1.54, 1.807) is 30.9 Å². The number of carbonyl (C=O) groups is 2. The van der Waals surface area contributed by atoms with Crippen molar-refractivity contribution in [2.45, 2.75) is 11.8 Å². The predicted octanol–water partition coefficient (Wildman–Crippen LogP) is 1.53. The van der Waals surface area contributed by atoms with Crippen LogP contribution in [-0.2, 0) is 14.3 Å². The Bertz CT molecular complexity index is 663. The highest BCUT2D eigenvalue weighted by atomic mass is 32.2. The van der Waals surface area contributed by atoms with Gasteiger partial charge in [0.15, 0.2) is 11.5 Å². The number of methoxy groups -OCH3 is 2. The molecule has 1 atom stereocenters. The SMILES string of the molecule is COc1ccc(C2SCC(=O)N2CCC(=O)N2CCOCC2)cc1OC. The summed E-state index contributed by atoms with van der Waals surface area (Å²) >= 11 is 1.57. The van der Waals surface area contributed by atoms with Crippen molar-refractivity contribution < 1.29 is 23.8 Å². The zero-order valence-electron chi connectivity index (χ0n) is 15.1. The second-order valence-corrected chi connectivity index (χ2v) is 7.18. The van der Waals surface area contributed by atoms with Gasteiger partial charge in [0.1, 0.15) is 5.37 Å². The molecular formula is C18H24N2O5S. The largest absolute Gasteiger partial charge is 0.493 e. The molecule has 2 aliphatic heterocycles. The third-order valence-corrected chi connectivity index (χ3v) is 5.85. The molecule has 0 aliphatic carbocycles. The number of hydrogen-bond acceptors (Lipinski definition) is 6. The Balaban J connectivity index is 1.67. The van der Waals surface area contributed by atoms with Crippen molar-refractivity contribution >= 4 is 23.6 Å². The van der Waals surface area contributed by atoms with E-state index in [0.717, 1.165) is 5.56 Å². The zero-order chi connectivity index (χ0) is 18.5. The van der Waals surface area contributed by atoms with Gasteiger partial charge in [-0.05, 0) is 17.7 Å². The summed E-state index contributed by atoms with van der Waals surface area (Å²) in [6.45, 7) is 2.83. The lowest BCUT2D eigenvalue weighted by atomic mass is 10.1. The van der Waals surface area contributed by atoms with Gasteiger partial charge < -0.3 is 24.0 Å². The first-order chi connectivity index (χ1) is 12.6. The molecule has 2 amide bonds. The maximum Gasteiger partial charge on any atom is 0.233 e. The van der Waals surface area contributed by atoms with Gasteiger partial charge in [0.2, 0.25) is 11.8 Å². The van der Waals surface area contributed by atoms with Gasteiger partial charge in [-0.25, -0.2) is 0 Å². The van der Waals surface area contributed by atoms with Crippen LogP contribution in [0, 0.1) is 0 Å². The molecule has 2 heterocycles. The number of rotatable bonds is 6. The number of thioether (sulfide) groups is 1. The molecule has 2 saturated heterocycles. The molecule has 8 heteroatoms. The van der Waals surface area contributed by atoms with Crippen molar-refractivity contribution in [1.82, 2.24) is 9.80 Å². The van der Waals surface area contributed by atoms with Crippen molar-refractivity contribution in [1.29, 1.82) is 0 Å². The minimum absolute atomic E-state index is 0.0598. The van der Waals surface area contributed by atoms with Crippen LogP contribution in [-0.4, -0.2) is 74.4 Å². The molecule has 1 aromatic rings. The summed E-state index contributed by atoms with van der Waals surface area (Å²) in [5.74, 6) is 1.84. The topological polar surface area (TPSA) is 68.3 Å². The Morgan fingerprint density at radius 1 is 1.23 bits per heavy atom. The molecule has 2 fully saturated rings. The normalized spacial score (nSPS) is 20.4. The molecular weight excluding hydrogens is 356 g/mol. The quantitative estimate of drug-likeness (QED) is 0.746. The minimum atomic E-state index is -0.111. The van der Waals surface area contributed by atoms with Crippen molar-refractivity contribution in [3.63, 3.8) is 0 Å². The molecule has 0 N–H and O–H groups in total. The van der Waals surface area contributed by atoms with Crippen molar-refractivity contribution in [3.05, 3.63) is 23.8 Å². The van der Waals surface area contributed by atoms with E-state index in [4.69, 9.17) is 14.2 Å². The third-order valence-electron chi connectivity index (χ3n) is 4.59. The van der Waals surface area contributed by atoms with E-state index in [1.165, 1.54) is 0 Å². The first-order valence-corrected chi connectivity index (χ1v) is 9.67. The van der Waals surface area contributed by atoms with Gasteiger partial charge in [-0.1, -0.05) is 6.07 Å². The first-order valence-electron chi connectivity index (χ1n) is 8.62. The first kappa shape index (κ1) is 18.8. The van der Waals surface area contributed by atoms with Gasteiger partial charge in [0, 0.05) is 26.1 Å². The van der Waals surface area contributed by atoms with Crippen LogP contribution in [0.4, 0.5) is 0 Å². The lowest BCUT2D eigenvalue weighted by Crippen LogP contribution is -2.42. The minimum Gasteiger partial charge on any atom is -0.493 e. The van der Waals surface area contributed by atoms with E-state index in [-0.39, 0.29) is 17.2 Å². The molecule has 1 aromatic carbocycles. The van der Waals surface area contributed by atoms with Crippen LogP contribution in [0.2, 0.25) is 0 Å². The zero-order valence-corrected chi connectivity index (χ0v) is 15.9. The van der Waals surface area contributed by atoms with Crippen LogP contribution in [0.15, 0.2) is 18.2 Å². The summed E-state index contributed by atoms with van der Waals surface area (Å²) in [5.41, 5.74) is 0.970. The van der Waals surface area contributed by atoms with Gasteiger partial charge in [-0.15, -0.1) is 11.8 Å². The van der Waals surface area contributed by atoms with E-state index in [0.29, 0.717) is 56.5 Å². The molecule has 0 saturated carbocycles. The summed E-state index contributed by atoms with van der Waals surface area (Å²) in [4.78, 5) is 28.3. The fourth-order valence-corrected chi connectivity index (χ4v) is 4.37. The number of ether oxygens (including phenoxy) is 3. The average Bonchev–Trinajstić information content (AvgIpc) is 3.06. The molecule has 1 unspecified atom stereocenters. The molecule has 26 heavy (non-hydrogen) atoms. The summed E-state index contributed by atoms with van der Waals surface area (Å²) in [5, 5.41) is -0.111. The van der Waals surface area contributed by atoms with Crippen LogP contribution in [0.5, 0.6) is 11.5 Å². The lowest BCUT2D eigenvalue weighted by Gasteiger charge is -2.29. The monoisotopic (exact) mass is 380 g/mol. The highest BCUT2D eigenvalue weighted by Gasteiger charge is 2.33. The Morgan fingerprint density at radius 2 is 1.96 bits per heavy atom. The number of morpholine rings is 1. The number of amides is 2. The summed E-state index contributed by atoms with van der Waals surface area (Å²) in [6.07, 6.45) is 0.329. The van der Waals surface area contributed by atoms with E-state index >= 15 is 0 Å². The molecule has 142 valence electrons. The predicted molar refractivity (Wildman–Crippen MR) is 98.5 cm³/mol. The summed E-state index contributed by atoms with van der Waals surface area (Å²) in [6, 6.07) is 5.68. The second kappa shape index (κ2) is 8.64. The lowest BCUT2D eigenvalue weighted by molar-refractivity contribution is -0.136. The third kappa shape index (κ3) is 4.07. The van der Waals surface area contributed by atoms with Gasteiger partial charge in [-0.2, -0.15) is 0 Å². The molecule has 2 aliphatic rings. The average molecular weight is 380 g/mol. The molecule has 0 spiro atoms. The number of carbonyl (C=O) groups excluding carboxylic acids is 2. The van der Waals surface area contributed by atoms with Gasteiger partial charge in [0.25, 0.3) is 0 Å². The van der Waals surface area contributed by atoms with Crippen molar-refractivity contribution in [2.75, 3.05) is 52.8 Å². The molecule has 3 rings (SSSR count). The summed E-state index contributed by atoms with van der Waals surface area (Å²) in [7, 11) is 3.18. The molecule has 0 aromatic heterocycles. The maximum absolute atomic E-state index is 12.4. The number of hydrogen-bond donors (Lipinski definition) is 0. The Labute approximate surface area is 157 Å². The van der Waals surface area contributed by atoms with Gasteiger partial charge in [-0.3, -0.25) is 9.59 Å². The van der Waals surface area contributed by atoms with Gasteiger partial charge in [0.05, 0.1) is 33.2 Å². The van der Waals surface area contributed by atoms with E-state index in [2.05, 4.69) is 0 Å². The van der Waals surface area contributed by atoms with Crippen molar-refractivity contribution in [3.8, 4) is 11.5 Å². The number of nitrogens with zero attached hydrogens (tertiary/aromatic N) is 2. The smallest absolute Gasteiger partial charge is 0.233 e. The van der Waals surface area contributed by atoms with Crippen LogP contribution in [0.1, 0.15) is 17.4 Å². The van der Waals surface area contributed by atoms with Crippen LogP contribution in [0.3, 0.4) is 0 Å². The fraction of sp³-hybridized carbons (Fsp3) is 0.556. The van der Waals surface area contributed by atoms with Gasteiger partial charge >= 0.3 is 0 Å². The van der Waals surface area contributed by atoms with E-state index < -0.39 is 0 Å². The van der Waals surface area contributed by atoms with Crippen LogP contribution in [0.25, 0.3) is 0 Å². The van der Waals surface area contributed by atoms with E-state index in [1.807, 2.05) is 23.1 Å². The Morgan fingerprint density at radius 3 is 2.65 bits per heavy atom. The fourth-order valence-electron chi connectivity index (χ4n) is 3.17.